The maximum Gasteiger partial charge on any atom is 0.305 e. The average Bonchev–Trinajstić information content (AvgIpc) is 3.45. The minimum atomic E-state index is -0.956. The molecule has 0 radical (unpaired) electrons. The highest BCUT2D eigenvalue weighted by Crippen LogP contribution is 2.28. The zero-order valence-electron chi connectivity index (χ0n) is 20.3. The van der Waals surface area contributed by atoms with Crippen LogP contribution in [0, 0.1) is 0 Å². The van der Waals surface area contributed by atoms with Gasteiger partial charge in [0.1, 0.15) is 0 Å². The number of amides is 2. The number of rotatable bonds is 11. The fourth-order valence-corrected chi connectivity index (χ4v) is 4.81. The van der Waals surface area contributed by atoms with Gasteiger partial charge in [0.05, 0.1) is 6.42 Å². The van der Waals surface area contributed by atoms with E-state index in [9.17, 15) is 19.5 Å². The number of benzene rings is 3. The second-order valence-corrected chi connectivity index (χ2v) is 9.56. The molecule has 2 amide bonds. The summed E-state index contributed by atoms with van der Waals surface area (Å²) in [6, 6.07) is 28.0. The van der Waals surface area contributed by atoms with Crippen LogP contribution in [0.25, 0.3) is 11.1 Å². The van der Waals surface area contributed by atoms with Gasteiger partial charge in [-0.3, -0.25) is 14.4 Å². The standard InChI is InChI=1S/C30H28N2O4S/c33-28(34)17-19-32(18-16-23-11-8-20-37-23)30(36)27-15-7-5-13-25(27)24-12-4-6-14-26(24)29(35)31-21-22-9-2-1-3-10-22/h1-15,20H,16-19,21H2,(H,31,35)(H,33,34). The van der Waals surface area contributed by atoms with Gasteiger partial charge in [0.2, 0.25) is 0 Å². The lowest BCUT2D eigenvalue weighted by Crippen LogP contribution is -2.35. The molecule has 0 fully saturated rings. The number of carboxylic acids is 1. The van der Waals surface area contributed by atoms with E-state index in [4.69, 9.17) is 0 Å². The van der Waals surface area contributed by atoms with Gasteiger partial charge in [0.15, 0.2) is 0 Å². The molecule has 0 aliphatic heterocycles. The quantitative estimate of drug-likeness (QED) is 0.278. The summed E-state index contributed by atoms with van der Waals surface area (Å²) in [5.41, 5.74) is 3.17. The Bertz CT molecular complexity index is 1350. The highest BCUT2D eigenvalue weighted by molar-refractivity contribution is 7.09. The third kappa shape index (κ3) is 6.92. The summed E-state index contributed by atoms with van der Waals surface area (Å²) in [5.74, 6) is -1.45. The van der Waals surface area contributed by atoms with Gasteiger partial charge in [-0.2, -0.15) is 0 Å². The molecule has 6 nitrogen and oxygen atoms in total. The summed E-state index contributed by atoms with van der Waals surface area (Å²) in [4.78, 5) is 40.9. The fraction of sp³-hybridized carbons (Fsp3) is 0.167. The molecule has 0 unspecified atom stereocenters. The Balaban J connectivity index is 1.61. The molecule has 37 heavy (non-hydrogen) atoms. The average molecular weight is 513 g/mol. The Morgan fingerprint density at radius 2 is 1.41 bits per heavy atom. The molecule has 0 aliphatic carbocycles. The SMILES string of the molecule is O=C(O)CCN(CCc1cccs1)C(=O)c1ccccc1-c1ccccc1C(=O)NCc1ccccc1. The number of carbonyl (C=O) groups is 3. The molecule has 3 aromatic carbocycles. The van der Waals surface area contributed by atoms with Crippen molar-refractivity contribution in [1.82, 2.24) is 10.2 Å². The van der Waals surface area contributed by atoms with Gasteiger partial charge >= 0.3 is 5.97 Å². The normalized spacial score (nSPS) is 10.6. The first-order valence-electron chi connectivity index (χ1n) is 12.1. The second-order valence-electron chi connectivity index (χ2n) is 8.52. The molecule has 0 bridgehead atoms. The first-order chi connectivity index (χ1) is 18.0. The van der Waals surface area contributed by atoms with Crippen molar-refractivity contribution >= 4 is 29.1 Å². The van der Waals surface area contributed by atoms with Crippen LogP contribution in [-0.2, 0) is 17.8 Å². The van der Waals surface area contributed by atoms with E-state index in [1.165, 1.54) is 0 Å². The number of aliphatic carboxylic acids is 1. The first-order valence-corrected chi connectivity index (χ1v) is 12.9. The van der Waals surface area contributed by atoms with Gasteiger partial charge in [-0.1, -0.05) is 72.8 Å². The summed E-state index contributed by atoms with van der Waals surface area (Å²) in [5, 5.41) is 14.2. The highest BCUT2D eigenvalue weighted by atomic mass is 32.1. The summed E-state index contributed by atoms with van der Waals surface area (Å²) in [6.45, 7) is 0.896. The Morgan fingerprint density at radius 3 is 2.08 bits per heavy atom. The molecular formula is C30H28N2O4S. The van der Waals surface area contributed by atoms with E-state index in [1.807, 2.05) is 72.1 Å². The Kier molecular flexibility index (Phi) is 8.84. The lowest BCUT2D eigenvalue weighted by Gasteiger charge is -2.23. The van der Waals surface area contributed by atoms with Crippen molar-refractivity contribution in [3.8, 4) is 11.1 Å². The highest BCUT2D eigenvalue weighted by Gasteiger charge is 2.22. The predicted molar refractivity (Wildman–Crippen MR) is 146 cm³/mol. The number of carboxylic acid groups (broad SMARTS) is 1. The van der Waals surface area contributed by atoms with Gasteiger partial charge in [-0.25, -0.2) is 0 Å². The van der Waals surface area contributed by atoms with Crippen molar-refractivity contribution in [3.63, 3.8) is 0 Å². The van der Waals surface area contributed by atoms with Crippen molar-refractivity contribution in [2.45, 2.75) is 19.4 Å². The Morgan fingerprint density at radius 1 is 0.757 bits per heavy atom. The molecule has 1 aromatic heterocycles. The zero-order valence-corrected chi connectivity index (χ0v) is 21.1. The van der Waals surface area contributed by atoms with Gasteiger partial charge in [0, 0.05) is 35.6 Å². The van der Waals surface area contributed by atoms with E-state index in [0.29, 0.717) is 41.8 Å². The summed E-state index contributed by atoms with van der Waals surface area (Å²) in [6.07, 6.45) is 0.500. The van der Waals surface area contributed by atoms with Crippen molar-refractivity contribution < 1.29 is 19.5 Å². The van der Waals surface area contributed by atoms with Crippen LogP contribution >= 0.6 is 11.3 Å². The van der Waals surface area contributed by atoms with Gasteiger partial charge in [0.25, 0.3) is 11.8 Å². The van der Waals surface area contributed by atoms with E-state index in [2.05, 4.69) is 5.32 Å². The lowest BCUT2D eigenvalue weighted by molar-refractivity contribution is -0.137. The molecule has 7 heteroatoms. The summed E-state index contributed by atoms with van der Waals surface area (Å²) in [7, 11) is 0. The van der Waals surface area contributed by atoms with Crippen LogP contribution < -0.4 is 5.32 Å². The third-order valence-electron chi connectivity index (χ3n) is 6.01. The molecule has 4 aromatic rings. The molecule has 0 aliphatic rings. The predicted octanol–water partition coefficient (Wildman–Crippen LogP) is 5.50. The van der Waals surface area contributed by atoms with Crippen molar-refractivity contribution in [3.05, 3.63) is 118 Å². The first kappa shape index (κ1) is 25.9. The third-order valence-corrected chi connectivity index (χ3v) is 6.94. The molecule has 0 spiro atoms. The number of hydrogen-bond acceptors (Lipinski definition) is 4. The van der Waals surface area contributed by atoms with E-state index in [-0.39, 0.29) is 24.8 Å². The molecular weight excluding hydrogens is 484 g/mol. The summed E-state index contributed by atoms with van der Waals surface area (Å²) >= 11 is 1.61. The largest absolute Gasteiger partial charge is 0.481 e. The summed E-state index contributed by atoms with van der Waals surface area (Å²) < 4.78 is 0. The molecule has 188 valence electrons. The molecule has 1 heterocycles. The van der Waals surface area contributed by atoms with Crippen LogP contribution in [0.1, 0.15) is 37.6 Å². The minimum Gasteiger partial charge on any atom is -0.481 e. The molecule has 4 rings (SSSR count). The topological polar surface area (TPSA) is 86.7 Å². The maximum atomic E-state index is 13.7. The van der Waals surface area contributed by atoms with E-state index in [0.717, 1.165) is 10.4 Å². The lowest BCUT2D eigenvalue weighted by atomic mass is 9.94. The Labute approximate surface area is 220 Å². The van der Waals surface area contributed by atoms with Gasteiger partial charge < -0.3 is 15.3 Å². The van der Waals surface area contributed by atoms with Gasteiger partial charge in [-0.15, -0.1) is 11.3 Å². The van der Waals surface area contributed by atoms with Crippen LogP contribution in [0.3, 0.4) is 0 Å². The number of carbonyl (C=O) groups excluding carboxylic acids is 2. The number of hydrogen-bond donors (Lipinski definition) is 2. The van der Waals surface area contributed by atoms with Gasteiger partial charge in [-0.05, 0) is 46.7 Å². The van der Waals surface area contributed by atoms with Crippen LogP contribution in [0.2, 0.25) is 0 Å². The van der Waals surface area contributed by atoms with Crippen LogP contribution in [0.5, 0.6) is 0 Å². The van der Waals surface area contributed by atoms with Crippen molar-refractivity contribution in [1.29, 1.82) is 0 Å². The van der Waals surface area contributed by atoms with Crippen LogP contribution in [0.4, 0.5) is 0 Å². The van der Waals surface area contributed by atoms with E-state index >= 15 is 0 Å². The molecule has 0 atom stereocenters. The minimum absolute atomic E-state index is 0.104. The second kappa shape index (κ2) is 12.6. The van der Waals surface area contributed by atoms with Crippen LogP contribution in [0.15, 0.2) is 96.4 Å². The number of nitrogens with one attached hydrogen (secondary N) is 1. The molecule has 2 N–H and O–H groups in total. The fourth-order valence-electron chi connectivity index (χ4n) is 4.11. The van der Waals surface area contributed by atoms with E-state index < -0.39 is 5.97 Å². The molecule has 0 saturated heterocycles. The molecule has 0 saturated carbocycles. The smallest absolute Gasteiger partial charge is 0.305 e. The number of thiophene rings is 1. The van der Waals surface area contributed by atoms with Crippen molar-refractivity contribution in [2.75, 3.05) is 13.1 Å². The monoisotopic (exact) mass is 512 g/mol. The number of nitrogens with zero attached hydrogens (tertiary/aromatic N) is 1. The Hall–Kier alpha value is -4.23. The van der Waals surface area contributed by atoms with Crippen molar-refractivity contribution in [2.24, 2.45) is 0 Å². The van der Waals surface area contributed by atoms with E-state index in [1.54, 1.807) is 40.5 Å². The van der Waals surface area contributed by atoms with Crippen LogP contribution in [-0.4, -0.2) is 40.9 Å². The zero-order chi connectivity index (χ0) is 26.0. The maximum absolute atomic E-state index is 13.7.